The largest absolute Gasteiger partial charge is 0.498 e. The molecule has 0 rings (SSSR count). The maximum Gasteiger partial charge on any atom is 0.498 e. The van der Waals surface area contributed by atoms with E-state index in [-0.39, 0.29) is 0 Å². The molecular weight excluding hydrogens is 418 g/mol. The molecule has 0 aromatic rings. The van der Waals surface area contributed by atoms with Crippen molar-refractivity contribution in [3.05, 3.63) is 12.7 Å². The number of carbonyl (C=O) groups is 1. The van der Waals surface area contributed by atoms with Gasteiger partial charge in [-0.2, -0.15) is 26.3 Å². The van der Waals surface area contributed by atoms with Gasteiger partial charge >= 0.3 is 17.0 Å². The SMILES string of the molecule is C=CCC(=O)OC(CC(S(=O)(=O)C(F)(F)F)S(=O)(=O)C(F)(F)F)C(C)C. The summed E-state index contributed by atoms with van der Waals surface area (Å²) in [4.78, 5) is 11.4. The number of carbonyl (C=O) groups excluding carboxylic acids is 1. The normalized spacial score (nSPS) is 15.2. The minimum absolute atomic E-state index is 0.466. The predicted molar refractivity (Wildman–Crippen MR) is 77.9 cm³/mol. The number of halogens is 6. The maximum atomic E-state index is 12.7. The second kappa shape index (κ2) is 8.15. The summed E-state index contributed by atoms with van der Waals surface area (Å²) in [7, 11) is -13.6. The summed E-state index contributed by atoms with van der Waals surface area (Å²) in [5.41, 5.74) is -12.5. The summed E-state index contributed by atoms with van der Waals surface area (Å²) in [6.45, 7) is 5.56. The molecule has 0 radical (unpaired) electrons. The third-order valence-electron chi connectivity index (χ3n) is 3.10. The van der Waals surface area contributed by atoms with Crippen LogP contribution in [0, 0.1) is 5.92 Å². The smallest absolute Gasteiger partial charge is 0.462 e. The zero-order valence-corrected chi connectivity index (χ0v) is 15.1. The Bertz CT molecular complexity index is 676. The van der Waals surface area contributed by atoms with E-state index in [0.717, 1.165) is 6.08 Å². The fourth-order valence-corrected chi connectivity index (χ4v) is 5.17. The summed E-state index contributed by atoms with van der Waals surface area (Å²) >= 11 is 0. The fourth-order valence-electron chi connectivity index (χ4n) is 1.70. The van der Waals surface area contributed by atoms with Crippen LogP contribution >= 0.6 is 0 Å². The first-order chi connectivity index (χ1) is 11.4. The third-order valence-corrected chi connectivity index (χ3v) is 7.68. The number of sulfone groups is 2. The lowest BCUT2D eigenvalue weighted by Crippen LogP contribution is -2.47. The molecule has 0 aromatic heterocycles. The molecule has 0 aromatic carbocycles. The Morgan fingerprint density at radius 1 is 1.00 bits per heavy atom. The van der Waals surface area contributed by atoms with Gasteiger partial charge in [-0.25, -0.2) is 16.8 Å². The van der Waals surface area contributed by atoms with Crippen LogP contribution in [0.1, 0.15) is 26.7 Å². The summed E-state index contributed by atoms with van der Waals surface area (Å²) < 4.78 is 123. The Kier molecular flexibility index (Phi) is 7.74. The van der Waals surface area contributed by atoms with Crippen molar-refractivity contribution >= 4 is 25.6 Å². The molecule has 0 saturated carbocycles. The first-order valence-electron chi connectivity index (χ1n) is 6.80. The van der Waals surface area contributed by atoms with Crippen LogP contribution in [-0.2, 0) is 29.2 Å². The molecule has 14 heteroatoms. The molecule has 0 aliphatic carbocycles. The topological polar surface area (TPSA) is 94.6 Å². The average molecular weight is 434 g/mol. The molecule has 26 heavy (non-hydrogen) atoms. The number of ether oxygens (including phenoxy) is 1. The van der Waals surface area contributed by atoms with E-state index in [1.165, 1.54) is 13.8 Å². The summed E-state index contributed by atoms with van der Waals surface area (Å²) in [6, 6.07) is 0. The molecule has 0 saturated heterocycles. The number of rotatable bonds is 8. The van der Waals surface area contributed by atoms with Crippen molar-refractivity contribution in [3.63, 3.8) is 0 Å². The van der Waals surface area contributed by atoms with Crippen LogP contribution in [0.25, 0.3) is 0 Å². The van der Waals surface area contributed by atoms with Gasteiger partial charge in [-0.1, -0.05) is 19.9 Å². The number of hydrogen-bond donors (Lipinski definition) is 0. The van der Waals surface area contributed by atoms with Crippen molar-refractivity contribution in [1.29, 1.82) is 0 Å². The van der Waals surface area contributed by atoms with E-state index in [1.54, 1.807) is 0 Å². The molecule has 1 atom stereocenters. The highest BCUT2D eigenvalue weighted by molar-refractivity contribution is 8.09. The van der Waals surface area contributed by atoms with Crippen LogP contribution < -0.4 is 0 Å². The van der Waals surface area contributed by atoms with Crippen molar-refractivity contribution in [2.75, 3.05) is 0 Å². The van der Waals surface area contributed by atoms with Crippen LogP contribution in [-0.4, -0.2) is 44.5 Å². The quantitative estimate of drug-likeness (QED) is 0.331. The average Bonchev–Trinajstić information content (AvgIpc) is 2.40. The first-order valence-corrected chi connectivity index (χ1v) is 9.89. The molecule has 0 aliphatic heterocycles. The highest BCUT2D eigenvalue weighted by Crippen LogP contribution is 2.39. The van der Waals surface area contributed by atoms with Crippen LogP contribution in [0.2, 0.25) is 0 Å². The Hall–Kier alpha value is -1.31. The second-order valence-electron chi connectivity index (χ2n) is 5.41. The predicted octanol–water partition coefficient (Wildman–Crippen LogP) is 2.72. The van der Waals surface area contributed by atoms with Crippen LogP contribution in [0.15, 0.2) is 12.7 Å². The van der Waals surface area contributed by atoms with E-state index in [9.17, 15) is 48.0 Å². The minimum Gasteiger partial charge on any atom is -0.462 e. The van der Waals surface area contributed by atoms with Gasteiger partial charge in [0.1, 0.15) is 6.10 Å². The molecule has 1 unspecified atom stereocenters. The van der Waals surface area contributed by atoms with Gasteiger partial charge < -0.3 is 4.74 Å². The standard InChI is InChI=1S/C12H16F6O6S2/c1-4-5-9(19)24-8(7(2)3)6-10(25(20,21)11(13,14)15)26(22,23)12(16,17)18/h4,7-8,10H,1,5-6H2,2-3H3. The van der Waals surface area contributed by atoms with Gasteiger partial charge in [0, 0.05) is 6.42 Å². The van der Waals surface area contributed by atoms with Gasteiger partial charge in [0.25, 0.3) is 19.7 Å². The van der Waals surface area contributed by atoms with E-state index in [1.807, 2.05) is 0 Å². The lowest BCUT2D eigenvalue weighted by atomic mass is 10.1. The van der Waals surface area contributed by atoms with E-state index < -0.39 is 66.1 Å². The second-order valence-corrected chi connectivity index (χ2v) is 9.95. The molecule has 0 bridgehead atoms. The van der Waals surface area contributed by atoms with Crippen LogP contribution in [0.5, 0.6) is 0 Å². The van der Waals surface area contributed by atoms with Crippen molar-refractivity contribution in [1.82, 2.24) is 0 Å². The van der Waals surface area contributed by atoms with E-state index in [0.29, 0.717) is 0 Å². The minimum atomic E-state index is -6.78. The lowest BCUT2D eigenvalue weighted by Gasteiger charge is -2.27. The molecule has 0 aliphatic rings. The lowest BCUT2D eigenvalue weighted by molar-refractivity contribution is -0.150. The zero-order valence-electron chi connectivity index (χ0n) is 13.5. The third kappa shape index (κ3) is 5.59. The highest BCUT2D eigenvalue weighted by Gasteiger charge is 2.63. The summed E-state index contributed by atoms with van der Waals surface area (Å²) in [6.07, 6.45) is -3.01. The monoisotopic (exact) mass is 434 g/mol. The van der Waals surface area contributed by atoms with Crippen molar-refractivity contribution < 1.29 is 52.7 Å². The fraction of sp³-hybridized carbons (Fsp3) is 0.750. The maximum absolute atomic E-state index is 12.7. The van der Waals surface area contributed by atoms with Crippen molar-refractivity contribution in [3.8, 4) is 0 Å². The van der Waals surface area contributed by atoms with Gasteiger partial charge in [-0.15, -0.1) is 6.58 Å². The van der Waals surface area contributed by atoms with Crippen molar-refractivity contribution in [2.45, 2.75) is 48.4 Å². The van der Waals surface area contributed by atoms with Gasteiger partial charge in [-0.3, -0.25) is 4.79 Å². The van der Waals surface area contributed by atoms with Crippen LogP contribution in [0.4, 0.5) is 26.3 Å². The van der Waals surface area contributed by atoms with E-state index in [4.69, 9.17) is 0 Å². The van der Waals surface area contributed by atoms with Gasteiger partial charge in [0.2, 0.25) is 0 Å². The molecule has 0 N–H and O–H groups in total. The summed E-state index contributed by atoms with van der Waals surface area (Å²) in [5.74, 6) is -2.09. The molecule has 0 fully saturated rings. The Labute approximate surface area is 146 Å². The van der Waals surface area contributed by atoms with Crippen LogP contribution in [0.3, 0.4) is 0 Å². The van der Waals surface area contributed by atoms with Gasteiger partial charge in [-0.05, 0) is 5.92 Å². The van der Waals surface area contributed by atoms with E-state index >= 15 is 0 Å². The summed E-state index contributed by atoms with van der Waals surface area (Å²) in [5, 5.41) is 0. The van der Waals surface area contributed by atoms with Gasteiger partial charge in [0.15, 0.2) is 4.58 Å². The molecule has 0 spiro atoms. The molecule has 0 amide bonds. The Morgan fingerprint density at radius 2 is 1.38 bits per heavy atom. The molecule has 0 heterocycles. The first kappa shape index (κ1) is 24.7. The number of alkyl halides is 6. The van der Waals surface area contributed by atoms with Crippen molar-refractivity contribution in [2.24, 2.45) is 5.92 Å². The Morgan fingerprint density at radius 3 is 1.65 bits per heavy atom. The van der Waals surface area contributed by atoms with Gasteiger partial charge in [0.05, 0.1) is 6.42 Å². The van der Waals surface area contributed by atoms with E-state index in [2.05, 4.69) is 11.3 Å². The zero-order chi connectivity index (χ0) is 21.1. The highest BCUT2D eigenvalue weighted by atomic mass is 32.3. The molecule has 154 valence electrons. The molecular formula is C12H16F6O6S2. The number of hydrogen-bond acceptors (Lipinski definition) is 6. The number of esters is 1. The Balaban J connectivity index is 6.20. The molecule has 6 nitrogen and oxygen atoms in total.